The summed E-state index contributed by atoms with van der Waals surface area (Å²) in [5.41, 5.74) is 3.71. The molecule has 1 atom stereocenters. The van der Waals surface area contributed by atoms with Crippen molar-refractivity contribution in [3.63, 3.8) is 0 Å². The van der Waals surface area contributed by atoms with Gasteiger partial charge in [0.05, 0.1) is 10.6 Å². The van der Waals surface area contributed by atoms with Gasteiger partial charge < -0.3 is 10.2 Å². The van der Waals surface area contributed by atoms with Crippen LogP contribution in [0.15, 0.2) is 108 Å². The first kappa shape index (κ1) is 30.8. The van der Waals surface area contributed by atoms with Crippen molar-refractivity contribution in [2.45, 2.75) is 37.8 Å². The van der Waals surface area contributed by atoms with Crippen LogP contribution in [0.2, 0.25) is 5.02 Å². The summed E-state index contributed by atoms with van der Waals surface area (Å²) in [5, 5.41) is 3.06. The Hall–Kier alpha value is -4.14. The number of amides is 2. The molecule has 4 aromatic rings. The van der Waals surface area contributed by atoms with E-state index >= 15 is 0 Å². The Balaban J connectivity index is 1.80. The smallest absolute Gasteiger partial charge is 0.264 e. The fraction of sp³-hybridized carbons (Fsp3) is 0.212. The Kier molecular flexibility index (Phi) is 10.0. The third-order valence-electron chi connectivity index (χ3n) is 7.01. The van der Waals surface area contributed by atoms with Gasteiger partial charge in [0.2, 0.25) is 11.8 Å². The van der Waals surface area contributed by atoms with Crippen molar-refractivity contribution >= 4 is 39.1 Å². The van der Waals surface area contributed by atoms with Crippen molar-refractivity contribution in [1.29, 1.82) is 0 Å². The highest BCUT2D eigenvalue weighted by Gasteiger charge is 2.34. The molecular weight excluding hydrogens is 570 g/mol. The van der Waals surface area contributed by atoms with Crippen LogP contribution in [0.4, 0.5) is 5.69 Å². The van der Waals surface area contributed by atoms with Crippen LogP contribution >= 0.6 is 11.6 Å². The molecule has 1 N–H and O–H groups in total. The van der Waals surface area contributed by atoms with Crippen LogP contribution in [-0.4, -0.2) is 44.8 Å². The maximum atomic E-state index is 14.3. The number of halogens is 1. The summed E-state index contributed by atoms with van der Waals surface area (Å²) < 4.78 is 29.0. The molecule has 42 heavy (non-hydrogen) atoms. The Morgan fingerprint density at radius 2 is 1.48 bits per heavy atom. The highest BCUT2D eigenvalue weighted by Crippen LogP contribution is 2.29. The van der Waals surface area contributed by atoms with Gasteiger partial charge in [-0.15, -0.1) is 0 Å². The number of nitrogens with one attached hydrogen (secondary N) is 1. The summed E-state index contributed by atoms with van der Waals surface area (Å²) in [7, 11) is -2.65. The van der Waals surface area contributed by atoms with Crippen LogP contribution in [-0.2, 0) is 32.6 Å². The molecule has 4 aromatic carbocycles. The molecule has 2 amide bonds. The Morgan fingerprint density at radius 3 is 2.10 bits per heavy atom. The standard InChI is InChI=1S/C33H34ClN3O4S/c1-24-11-10-14-27(19-24)22-36(31(33(39)35-3)20-26-12-6-4-7-13-26)32(38)23-37(28-18-17-25(2)30(34)21-28)42(40,41)29-15-8-5-9-16-29/h4-19,21,31H,20,22-23H2,1-3H3,(H,35,39). The van der Waals surface area contributed by atoms with Gasteiger partial charge in [-0.25, -0.2) is 8.42 Å². The van der Waals surface area contributed by atoms with Crippen LogP contribution in [0.25, 0.3) is 0 Å². The number of carbonyl (C=O) groups excluding carboxylic acids is 2. The highest BCUT2D eigenvalue weighted by atomic mass is 35.5. The second-order valence-corrected chi connectivity index (χ2v) is 12.4. The van der Waals surface area contributed by atoms with Crippen molar-refractivity contribution in [2.24, 2.45) is 0 Å². The third kappa shape index (κ3) is 7.38. The van der Waals surface area contributed by atoms with E-state index in [1.165, 1.54) is 30.1 Å². The zero-order valence-electron chi connectivity index (χ0n) is 23.8. The molecule has 4 rings (SSSR count). The summed E-state index contributed by atoms with van der Waals surface area (Å²) in [6, 6.07) is 29.0. The molecule has 0 saturated heterocycles. The van der Waals surface area contributed by atoms with Gasteiger partial charge in [-0.05, 0) is 54.8 Å². The molecule has 9 heteroatoms. The maximum absolute atomic E-state index is 14.3. The van der Waals surface area contributed by atoms with E-state index in [9.17, 15) is 18.0 Å². The van der Waals surface area contributed by atoms with E-state index in [-0.39, 0.29) is 29.5 Å². The lowest BCUT2D eigenvalue weighted by Gasteiger charge is -2.33. The molecule has 0 saturated carbocycles. The van der Waals surface area contributed by atoms with Gasteiger partial charge >= 0.3 is 0 Å². The summed E-state index contributed by atoms with van der Waals surface area (Å²) in [6.45, 7) is 3.34. The molecule has 0 bridgehead atoms. The molecule has 0 aliphatic heterocycles. The van der Waals surface area contributed by atoms with Crippen molar-refractivity contribution in [2.75, 3.05) is 17.9 Å². The molecule has 1 unspecified atom stereocenters. The Labute approximate surface area is 252 Å². The molecule has 0 radical (unpaired) electrons. The molecule has 0 heterocycles. The van der Waals surface area contributed by atoms with E-state index in [4.69, 9.17) is 11.6 Å². The van der Waals surface area contributed by atoms with E-state index < -0.39 is 28.5 Å². The SMILES string of the molecule is CNC(=O)C(Cc1ccccc1)N(Cc1cccc(C)c1)C(=O)CN(c1ccc(C)c(Cl)c1)S(=O)(=O)c1ccccc1. The third-order valence-corrected chi connectivity index (χ3v) is 9.20. The first-order valence-electron chi connectivity index (χ1n) is 13.5. The summed E-state index contributed by atoms with van der Waals surface area (Å²) in [5.74, 6) is -0.882. The topological polar surface area (TPSA) is 86.8 Å². The van der Waals surface area contributed by atoms with Crippen LogP contribution in [0.3, 0.4) is 0 Å². The van der Waals surface area contributed by atoms with Crippen molar-refractivity contribution in [1.82, 2.24) is 10.2 Å². The van der Waals surface area contributed by atoms with Crippen LogP contribution in [0.5, 0.6) is 0 Å². The fourth-order valence-electron chi connectivity index (χ4n) is 4.71. The monoisotopic (exact) mass is 603 g/mol. The number of sulfonamides is 1. The minimum atomic E-state index is -4.18. The highest BCUT2D eigenvalue weighted by molar-refractivity contribution is 7.92. The van der Waals surface area contributed by atoms with Gasteiger partial charge in [-0.1, -0.05) is 96.0 Å². The number of nitrogens with zero attached hydrogens (tertiary/aromatic N) is 2. The second-order valence-electron chi connectivity index (χ2n) is 10.1. The molecular formula is C33H34ClN3O4S. The van der Waals surface area contributed by atoms with Gasteiger partial charge in [0.15, 0.2) is 0 Å². The zero-order chi connectivity index (χ0) is 30.3. The van der Waals surface area contributed by atoms with Gasteiger partial charge in [-0.3, -0.25) is 13.9 Å². The summed E-state index contributed by atoms with van der Waals surface area (Å²) >= 11 is 6.41. The number of anilines is 1. The van der Waals surface area contributed by atoms with E-state index in [1.54, 1.807) is 30.3 Å². The quantitative estimate of drug-likeness (QED) is 0.244. The van der Waals surface area contributed by atoms with E-state index in [0.29, 0.717) is 5.02 Å². The van der Waals surface area contributed by atoms with E-state index in [0.717, 1.165) is 26.6 Å². The van der Waals surface area contributed by atoms with Crippen molar-refractivity contribution < 1.29 is 18.0 Å². The van der Waals surface area contributed by atoms with Gasteiger partial charge in [0.25, 0.3) is 10.0 Å². The van der Waals surface area contributed by atoms with Gasteiger partial charge in [0, 0.05) is 25.0 Å². The predicted octanol–water partition coefficient (Wildman–Crippen LogP) is 5.54. The molecule has 7 nitrogen and oxygen atoms in total. The lowest BCUT2D eigenvalue weighted by Crippen LogP contribution is -2.53. The minimum Gasteiger partial charge on any atom is -0.357 e. The number of hydrogen-bond acceptors (Lipinski definition) is 4. The van der Waals surface area contributed by atoms with Crippen molar-refractivity contribution in [3.05, 3.63) is 130 Å². The normalized spacial score (nSPS) is 11.9. The molecule has 0 aromatic heterocycles. The number of aryl methyl sites for hydroxylation is 2. The Morgan fingerprint density at radius 1 is 0.833 bits per heavy atom. The van der Waals surface area contributed by atoms with Crippen LogP contribution in [0.1, 0.15) is 22.3 Å². The maximum Gasteiger partial charge on any atom is 0.264 e. The summed E-state index contributed by atoms with van der Waals surface area (Å²) in [6.07, 6.45) is 0.250. The first-order chi connectivity index (χ1) is 20.1. The number of likely N-dealkylation sites (N-methyl/N-ethyl adjacent to an activating group) is 1. The largest absolute Gasteiger partial charge is 0.357 e. The van der Waals surface area contributed by atoms with Crippen LogP contribution < -0.4 is 9.62 Å². The number of rotatable bonds is 11. The van der Waals surface area contributed by atoms with Gasteiger partial charge in [-0.2, -0.15) is 0 Å². The molecule has 218 valence electrons. The van der Waals surface area contributed by atoms with E-state index in [1.807, 2.05) is 68.4 Å². The van der Waals surface area contributed by atoms with E-state index in [2.05, 4.69) is 5.32 Å². The molecule has 0 aliphatic carbocycles. The van der Waals surface area contributed by atoms with Gasteiger partial charge in [0.1, 0.15) is 12.6 Å². The molecule has 0 fully saturated rings. The van der Waals surface area contributed by atoms with Crippen molar-refractivity contribution in [3.8, 4) is 0 Å². The number of benzene rings is 4. The first-order valence-corrected chi connectivity index (χ1v) is 15.4. The molecule has 0 spiro atoms. The second kappa shape index (κ2) is 13.7. The minimum absolute atomic E-state index is 0.0341. The van der Waals surface area contributed by atoms with Crippen LogP contribution in [0, 0.1) is 13.8 Å². The zero-order valence-corrected chi connectivity index (χ0v) is 25.4. The number of hydrogen-bond donors (Lipinski definition) is 1. The lowest BCUT2D eigenvalue weighted by atomic mass is 10.0. The fourth-order valence-corrected chi connectivity index (χ4v) is 6.31. The average Bonchev–Trinajstić information content (AvgIpc) is 2.99. The predicted molar refractivity (Wildman–Crippen MR) is 167 cm³/mol. The summed E-state index contributed by atoms with van der Waals surface area (Å²) in [4.78, 5) is 29.1. The average molecular weight is 604 g/mol. The lowest BCUT2D eigenvalue weighted by molar-refractivity contribution is -0.139. The molecule has 0 aliphatic rings. The number of carbonyl (C=O) groups is 2. The Bertz CT molecular complexity index is 1650.